The summed E-state index contributed by atoms with van der Waals surface area (Å²) in [5.41, 5.74) is 1.10. The molecule has 0 unspecified atom stereocenters. The Labute approximate surface area is 150 Å². The molecule has 0 radical (unpaired) electrons. The van der Waals surface area contributed by atoms with Crippen molar-refractivity contribution in [3.05, 3.63) is 50.9 Å². The summed E-state index contributed by atoms with van der Waals surface area (Å²) in [6, 6.07) is 4.18. The Balaban J connectivity index is 1.92. The molecule has 136 valence electrons. The summed E-state index contributed by atoms with van der Waals surface area (Å²) in [6.45, 7) is 0.465. The molecule has 3 aromatic heterocycles. The zero-order valence-corrected chi connectivity index (χ0v) is 15.0. The van der Waals surface area contributed by atoms with Crippen LogP contribution in [0.15, 0.2) is 34.1 Å². The molecule has 8 nitrogen and oxygen atoms in total. The molecule has 0 atom stereocenters. The summed E-state index contributed by atoms with van der Waals surface area (Å²) in [5, 5.41) is 3.48. The summed E-state index contributed by atoms with van der Waals surface area (Å²) in [7, 11) is 3.14. The van der Waals surface area contributed by atoms with Crippen molar-refractivity contribution >= 4 is 17.1 Å². The normalized spacial score (nSPS) is 15.0. The second kappa shape index (κ2) is 6.44. The highest BCUT2D eigenvalue weighted by Crippen LogP contribution is 2.24. The lowest BCUT2D eigenvalue weighted by atomic mass is 10.2. The molecule has 3 heterocycles. The zero-order valence-electron chi connectivity index (χ0n) is 15.0. The molecule has 1 saturated carbocycles. The maximum absolute atomic E-state index is 12.8. The minimum absolute atomic E-state index is 0.334. The van der Waals surface area contributed by atoms with Gasteiger partial charge in [0.2, 0.25) is 5.95 Å². The fraction of sp³-hybridized carbons (Fsp3) is 0.444. The number of nitrogens with one attached hydrogen (secondary N) is 1. The fourth-order valence-electron chi connectivity index (χ4n) is 3.64. The summed E-state index contributed by atoms with van der Waals surface area (Å²) >= 11 is 0. The molecule has 3 aromatic rings. The first-order valence-electron chi connectivity index (χ1n) is 8.88. The predicted molar refractivity (Wildman–Crippen MR) is 99.4 cm³/mol. The quantitative estimate of drug-likeness (QED) is 0.761. The van der Waals surface area contributed by atoms with E-state index in [1.807, 2.05) is 16.7 Å². The van der Waals surface area contributed by atoms with Crippen LogP contribution in [-0.2, 0) is 20.6 Å². The van der Waals surface area contributed by atoms with Gasteiger partial charge in [-0.2, -0.15) is 4.98 Å². The third-order valence-electron chi connectivity index (χ3n) is 5.10. The van der Waals surface area contributed by atoms with Crippen molar-refractivity contribution in [3.63, 3.8) is 0 Å². The van der Waals surface area contributed by atoms with Crippen LogP contribution in [0.5, 0.6) is 0 Å². The van der Waals surface area contributed by atoms with E-state index in [-0.39, 0.29) is 11.2 Å². The third kappa shape index (κ3) is 2.71. The van der Waals surface area contributed by atoms with Gasteiger partial charge in [-0.3, -0.25) is 23.5 Å². The maximum Gasteiger partial charge on any atom is 0.332 e. The van der Waals surface area contributed by atoms with E-state index in [2.05, 4.69) is 15.3 Å². The van der Waals surface area contributed by atoms with Gasteiger partial charge in [0.05, 0.1) is 6.54 Å². The SMILES string of the molecule is Cn1c(=O)c2c(nc(NC3CCCC3)n2Cc2cccnc2)n(C)c1=O. The van der Waals surface area contributed by atoms with Gasteiger partial charge < -0.3 is 5.32 Å². The highest BCUT2D eigenvalue weighted by Gasteiger charge is 2.22. The molecule has 4 rings (SSSR count). The van der Waals surface area contributed by atoms with Crippen molar-refractivity contribution in [2.75, 3.05) is 5.32 Å². The third-order valence-corrected chi connectivity index (χ3v) is 5.10. The van der Waals surface area contributed by atoms with Crippen LogP contribution < -0.4 is 16.6 Å². The van der Waals surface area contributed by atoms with Gasteiger partial charge in [0, 0.05) is 32.5 Å². The van der Waals surface area contributed by atoms with Crippen LogP contribution in [0, 0.1) is 0 Å². The standard InChI is InChI=1S/C18H22N6O2/c1-22-15-14(16(25)23(2)18(22)26)24(11-12-6-5-9-19-10-12)17(21-15)20-13-7-3-4-8-13/h5-6,9-10,13H,3-4,7-8,11H2,1-2H3,(H,20,21). The van der Waals surface area contributed by atoms with Crippen LogP contribution >= 0.6 is 0 Å². The van der Waals surface area contributed by atoms with E-state index >= 15 is 0 Å². The largest absolute Gasteiger partial charge is 0.353 e. The van der Waals surface area contributed by atoms with Crippen LogP contribution in [-0.4, -0.2) is 29.7 Å². The van der Waals surface area contributed by atoms with E-state index in [9.17, 15) is 9.59 Å². The Morgan fingerprint density at radius 2 is 1.96 bits per heavy atom. The predicted octanol–water partition coefficient (Wildman–Crippen LogP) is 1.23. The van der Waals surface area contributed by atoms with E-state index in [1.54, 1.807) is 19.4 Å². The van der Waals surface area contributed by atoms with Crippen molar-refractivity contribution in [2.45, 2.75) is 38.3 Å². The molecule has 0 amide bonds. The van der Waals surface area contributed by atoms with Gasteiger partial charge in [-0.15, -0.1) is 0 Å². The number of aromatic nitrogens is 5. The summed E-state index contributed by atoms with van der Waals surface area (Å²) in [5.74, 6) is 0.633. The Kier molecular flexibility index (Phi) is 4.10. The van der Waals surface area contributed by atoms with Crippen LogP contribution in [0.2, 0.25) is 0 Å². The smallest absolute Gasteiger partial charge is 0.332 e. The molecule has 8 heteroatoms. The molecular weight excluding hydrogens is 332 g/mol. The highest BCUT2D eigenvalue weighted by molar-refractivity contribution is 5.74. The first kappa shape index (κ1) is 16.6. The van der Waals surface area contributed by atoms with Crippen LogP contribution in [0.3, 0.4) is 0 Å². The van der Waals surface area contributed by atoms with Crippen LogP contribution in [0.4, 0.5) is 5.95 Å². The van der Waals surface area contributed by atoms with E-state index in [1.165, 1.54) is 24.5 Å². The fourth-order valence-corrected chi connectivity index (χ4v) is 3.64. The summed E-state index contributed by atoms with van der Waals surface area (Å²) in [4.78, 5) is 33.9. The van der Waals surface area contributed by atoms with Crippen LogP contribution in [0.25, 0.3) is 11.2 Å². The average molecular weight is 354 g/mol. The van der Waals surface area contributed by atoms with Gasteiger partial charge in [-0.1, -0.05) is 18.9 Å². The molecule has 1 aliphatic rings. The molecule has 1 aliphatic carbocycles. The molecule has 0 bridgehead atoms. The zero-order chi connectivity index (χ0) is 18.3. The van der Waals surface area contributed by atoms with E-state index in [0.29, 0.717) is 29.7 Å². The summed E-state index contributed by atoms with van der Waals surface area (Å²) < 4.78 is 4.42. The van der Waals surface area contributed by atoms with Crippen molar-refractivity contribution < 1.29 is 0 Å². The molecule has 1 N–H and O–H groups in total. The average Bonchev–Trinajstić information content (AvgIpc) is 3.28. The molecule has 0 aliphatic heterocycles. The molecule has 0 saturated heterocycles. The lowest BCUT2D eigenvalue weighted by Crippen LogP contribution is -2.37. The van der Waals surface area contributed by atoms with E-state index in [0.717, 1.165) is 23.0 Å². The van der Waals surface area contributed by atoms with Gasteiger partial charge in [0.1, 0.15) is 0 Å². The first-order chi connectivity index (χ1) is 12.6. The Hall–Kier alpha value is -2.90. The van der Waals surface area contributed by atoms with Crippen molar-refractivity contribution in [2.24, 2.45) is 14.1 Å². The van der Waals surface area contributed by atoms with E-state index in [4.69, 9.17) is 0 Å². The summed E-state index contributed by atoms with van der Waals surface area (Å²) in [6.07, 6.45) is 8.06. The van der Waals surface area contributed by atoms with Crippen LogP contribution in [0.1, 0.15) is 31.2 Å². The lowest BCUT2D eigenvalue weighted by Gasteiger charge is -2.15. The number of hydrogen-bond acceptors (Lipinski definition) is 5. The molecule has 1 fully saturated rings. The second-order valence-electron chi connectivity index (χ2n) is 6.89. The minimum atomic E-state index is -0.374. The lowest BCUT2D eigenvalue weighted by molar-refractivity contribution is 0.700. The van der Waals surface area contributed by atoms with Gasteiger partial charge in [-0.25, -0.2) is 4.79 Å². The number of aryl methyl sites for hydroxylation is 1. The number of fused-ring (bicyclic) bond motifs is 1. The highest BCUT2D eigenvalue weighted by atomic mass is 16.2. The Bertz CT molecular complexity index is 1060. The van der Waals surface area contributed by atoms with Gasteiger partial charge in [0.15, 0.2) is 11.2 Å². The van der Waals surface area contributed by atoms with E-state index < -0.39 is 0 Å². The van der Waals surface area contributed by atoms with Crippen molar-refractivity contribution in [3.8, 4) is 0 Å². The Morgan fingerprint density at radius 3 is 2.65 bits per heavy atom. The number of rotatable bonds is 4. The second-order valence-corrected chi connectivity index (χ2v) is 6.89. The van der Waals surface area contributed by atoms with Crippen molar-refractivity contribution in [1.29, 1.82) is 0 Å². The number of nitrogens with zero attached hydrogens (tertiary/aromatic N) is 5. The van der Waals surface area contributed by atoms with Gasteiger partial charge in [0.25, 0.3) is 5.56 Å². The monoisotopic (exact) mass is 354 g/mol. The topological polar surface area (TPSA) is 86.7 Å². The number of anilines is 1. The number of hydrogen-bond donors (Lipinski definition) is 1. The van der Waals surface area contributed by atoms with Crippen molar-refractivity contribution in [1.82, 2.24) is 23.7 Å². The molecule has 0 aromatic carbocycles. The number of pyridine rings is 1. The minimum Gasteiger partial charge on any atom is -0.353 e. The first-order valence-corrected chi connectivity index (χ1v) is 8.88. The van der Waals surface area contributed by atoms with Gasteiger partial charge >= 0.3 is 5.69 Å². The molecule has 0 spiro atoms. The molecule has 26 heavy (non-hydrogen) atoms. The number of imidazole rings is 1. The molecular formula is C18H22N6O2. The maximum atomic E-state index is 12.8. The Morgan fingerprint density at radius 1 is 1.19 bits per heavy atom. The van der Waals surface area contributed by atoms with Gasteiger partial charge in [-0.05, 0) is 24.5 Å².